The van der Waals surface area contributed by atoms with Gasteiger partial charge in [-0.05, 0) is 19.1 Å². The summed E-state index contributed by atoms with van der Waals surface area (Å²) in [6.45, 7) is 1.62. The van der Waals surface area contributed by atoms with Crippen molar-refractivity contribution in [3.05, 3.63) is 30.3 Å². The van der Waals surface area contributed by atoms with Gasteiger partial charge in [0.25, 0.3) is 0 Å². The minimum atomic E-state index is -4.29. The third-order valence-corrected chi connectivity index (χ3v) is 2.83. The summed E-state index contributed by atoms with van der Waals surface area (Å²) in [5.41, 5.74) is 0. The normalized spacial score (nSPS) is 11.6. The molecule has 0 N–H and O–H groups in total. The molecule has 0 atom stereocenters. The first kappa shape index (κ1) is 9.56. The molecule has 0 saturated carbocycles. The topological polar surface area (TPSA) is 9.23 Å². The molecule has 1 nitrogen and oxygen atoms in total. The monoisotopic (exact) mass is 191 g/mol. The van der Waals surface area contributed by atoms with E-state index in [1.807, 2.05) is 0 Å². The quantitative estimate of drug-likeness (QED) is 0.667. The van der Waals surface area contributed by atoms with E-state index in [2.05, 4.69) is 4.52 Å². The van der Waals surface area contributed by atoms with Crippen molar-refractivity contribution in [1.29, 1.82) is 0 Å². The second kappa shape index (κ2) is 3.92. The zero-order valence-corrected chi connectivity index (χ0v) is 7.60. The molecule has 0 saturated heterocycles. The van der Waals surface area contributed by atoms with Gasteiger partial charge in [0, 0.05) is 8.39 Å². The van der Waals surface area contributed by atoms with E-state index in [1.54, 1.807) is 25.1 Å². The summed E-state index contributed by atoms with van der Waals surface area (Å²) in [4.78, 5) is 0. The lowest BCUT2D eigenvalue weighted by atomic mass is 10.4. The van der Waals surface area contributed by atoms with Crippen LogP contribution in [0.15, 0.2) is 30.3 Å². The molecule has 66 valence electrons. The van der Waals surface area contributed by atoms with Crippen LogP contribution < -0.4 is 5.30 Å². The maximum Gasteiger partial charge on any atom is 0.554 e. The summed E-state index contributed by atoms with van der Waals surface area (Å²) in [6.07, 6.45) is 0. The van der Waals surface area contributed by atoms with E-state index in [-0.39, 0.29) is 11.9 Å². The molecule has 0 aliphatic rings. The lowest BCUT2D eigenvalue weighted by Crippen LogP contribution is -2.05. The average Bonchev–Trinajstić information content (AvgIpc) is 2.06. The second-order valence-electron chi connectivity index (χ2n) is 2.22. The van der Waals surface area contributed by atoms with Gasteiger partial charge in [-0.3, -0.25) is 0 Å². The Morgan fingerprint density at radius 2 is 1.83 bits per heavy atom. The lowest BCUT2D eigenvalue weighted by molar-refractivity contribution is 0.316. The van der Waals surface area contributed by atoms with E-state index in [4.69, 9.17) is 0 Å². The van der Waals surface area contributed by atoms with Crippen LogP contribution in [0.25, 0.3) is 0 Å². The van der Waals surface area contributed by atoms with Crippen LogP contribution in [0.5, 0.6) is 0 Å². The highest BCUT2D eigenvalue weighted by molar-refractivity contribution is 7.68. The van der Waals surface area contributed by atoms with Crippen LogP contribution >= 0.6 is 8.11 Å². The second-order valence-corrected chi connectivity index (χ2v) is 3.91. The Morgan fingerprint density at radius 1 is 1.25 bits per heavy atom. The number of hydrogen-bond acceptors (Lipinski definition) is 1. The van der Waals surface area contributed by atoms with Crippen molar-refractivity contribution in [3.8, 4) is 0 Å². The molecular formula is C8H10F2OP+. The van der Waals surface area contributed by atoms with Gasteiger partial charge in [-0.1, -0.05) is 18.2 Å². The SMILES string of the molecule is CCO[P+](F)(F)c1ccccc1. The lowest BCUT2D eigenvalue weighted by Gasteiger charge is -2.01. The molecule has 0 amide bonds. The first-order valence-electron chi connectivity index (χ1n) is 3.65. The smallest absolute Gasteiger partial charge is 0.166 e. The van der Waals surface area contributed by atoms with Gasteiger partial charge in [0.15, 0.2) is 5.30 Å². The van der Waals surface area contributed by atoms with Crippen LogP contribution in [0, 0.1) is 0 Å². The molecule has 4 heteroatoms. The molecule has 0 radical (unpaired) electrons. The molecule has 0 aliphatic carbocycles. The van der Waals surface area contributed by atoms with Crippen molar-refractivity contribution >= 4 is 13.4 Å². The third-order valence-electron chi connectivity index (χ3n) is 1.35. The fraction of sp³-hybridized carbons (Fsp3) is 0.250. The Morgan fingerprint density at radius 3 is 2.33 bits per heavy atom. The van der Waals surface area contributed by atoms with Crippen LogP contribution in [0.2, 0.25) is 0 Å². The van der Waals surface area contributed by atoms with Gasteiger partial charge in [-0.2, -0.15) is 4.52 Å². The third kappa shape index (κ3) is 2.23. The molecular weight excluding hydrogens is 181 g/mol. The molecule has 1 aromatic rings. The van der Waals surface area contributed by atoms with Gasteiger partial charge in [0.1, 0.15) is 0 Å². The van der Waals surface area contributed by atoms with Gasteiger partial charge in [0.05, 0.1) is 6.61 Å². The van der Waals surface area contributed by atoms with Crippen LogP contribution in [-0.2, 0) is 4.52 Å². The van der Waals surface area contributed by atoms with Crippen molar-refractivity contribution in [1.82, 2.24) is 0 Å². The Bertz CT molecular complexity index is 238. The molecule has 0 heterocycles. The van der Waals surface area contributed by atoms with Crippen molar-refractivity contribution in [2.75, 3.05) is 6.61 Å². The van der Waals surface area contributed by atoms with Crippen molar-refractivity contribution in [3.63, 3.8) is 0 Å². The van der Waals surface area contributed by atoms with E-state index >= 15 is 0 Å². The van der Waals surface area contributed by atoms with Gasteiger partial charge in [-0.25, -0.2) is 0 Å². The maximum atomic E-state index is 13.0. The number of hydrogen-bond donors (Lipinski definition) is 0. The minimum absolute atomic E-state index is 0.00634. The highest BCUT2D eigenvalue weighted by Gasteiger charge is 2.46. The standard InChI is InChI=1S/C8H10F2OP/c1-2-11-12(9,10)8-6-4-3-5-7-8/h3-7H,2H2,1H3/q+1. The molecule has 0 aromatic heterocycles. The highest BCUT2D eigenvalue weighted by atomic mass is 31.3. The Kier molecular flexibility index (Phi) is 3.12. The van der Waals surface area contributed by atoms with Gasteiger partial charge >= 0.3 is 8.11 Å². The molecule has 0 bridgehead atoms. The van der Waals surface area contributed by atoms with Gasteiger partial charge in [0.2, 0.25) is 0 Å². The van der Waals surface area contributed by atoms with E-state index < -0.39 is 8.11 Å². The van der Waals surface area contributed by atoms with E-state index in [1.165, 1.54) is 12.1 Å². The summed E-state index contributed by atoms with van der Waals surface area (Å²) in [7, 11) is -4.29. The van der Waals surface area contributed by atoms with Crippen molar-refractivity contribution in [2.24, 2.45) is 0 Å². The first-order valence-corrected chi connectivity index (χ1v) is 5.14. The molecule has 12 heavy (non-hydrogen) atoms. The predicted octanol–water partition coefficient (Wildman–Crippen LogP) is 3.05. The van der Waals surface area contributed by atoms with E-state index in [0.29, 0.717) is 0 Å². The molecule has 0 aliphatic heterocycles. The van der Waals surface area contributed by atoms with Gasteiger partial charge < -0.3 is 0 Å². The van der Waals surface area contributed by atoms with Crippen molar-refractivity contribution < 1.29 is 12.9 Å². The van der Waals surface area contributed by atoms with Crippen molar-refractivity contribution in [2.45, 2.75) is 6.92 Å². The average molecular weight is 191 g/mol. The van der Waals surface area contributed by atoms with Crippen LogP contribution in [0.1, 0.15) is 6.92 Å². The maximum absolute atomic E-state index is 13.0. The number of benzene rings is 1. The summed E-state index contributed by atoms with van der Waals surface area (Å²) in [5.74, 6) is 0. The fourth-order valence-electron chi connectivity index (χ4n) is 0.838. The van der Waals surface area contributed by atoms with Crippen LogP contribution in [-0.4, -0.2) is 6.61 Å². The Hall–Kier alpha value is -0.530. The zero-order chi connectivity index (χ0) is 9.03. The number of rotatable bonds is 3. The molecule has 0 fully saturated rings. The first-order chi connectivity index (χ1) is 5.67. The largest absolute Gasteiger partial charge is 0.554 e. The summed E-state index contributed by atoms with van der Waals surface area (Å²) >= 11 is 0. The predicted molar refractivity (Wildman–Crippen MR) is 46.8 cm³/mol. The zero-order valence-electron chi connectivity index (χ0n) is 6.71. The summed E-state index contributed by atoms with van der Waals surface area (Å²) in [5, 5.41) is 0.00634. The van der Waals surface area contributed by atoms with Gasteiger partial charge in [-0.15, -0.1) is 0 Å². The molecule has 0 unspecified atom stereocenters. The minimum Gasteiger partial charge on any atom is -0.166 e. The fourth-order valence-corrected chi connectivity index (χ4v) is 1.83. The molecule has 1 rings (SSSR count). The molecule has 1 aromatic carbocycles. The van der Waals surface area contributed by atoms with Crippen LogP contribution in [0.4, 0.5) is 8.39 Å². The Balaban J connectivity index is 2.82. The van der Waals surface area contributed by atoms with E-state index in [9.17, 15) is 8.39 Å². The van der Waals surface area contributed by atoms with E-state index in [0.717, 1.165) is 0 Å². The molecule has 0 spiro atoms. The highest BCUT2D eigenvalue weighted by Crippen LogP contribution is 2.62. The summed E-state index contributed by atoms with van der Waals surface area (Å²) < 4.78 is 30.5. The van der Waals surface area contributed by atoms with Crippen LogP contribution in [0.3, 0.4) is 0 Å². The Labute approximate surface area is 71.0 Å². The summed E-state index contributed by atoms with van der Waals surface area (Å²) in [6, 6.07) is 7.66. The number of halogens is 2.